The number of ether oxygens (including phenoxy) is 1. The molecule has 2 N–H and O–H groups in total. The van der Waals surface area contributed by atoms with E-state index in [1.165, 1.54) is 34.7 Å². The summed E-state index contributed by atoms with van der Waals surface area (Å²) >= 11 is 0. The molecule has 0 saturated carbocycles. The van der Waals surface area contributed by atoms with Gasteiger partial charge < -0.3 is 15.4 Å². The average molecular weight is 434 g/mol. The largest absolute Gasteiger partial charge is 0.495 e. The zero-order valence-electron chi connectivity index (χ0n) is 18.1. The highest BCUT2D eigenvalue weighted by Crippen LogP contribution is 2.28. The molecule has 0 unspecified atom stereocenters. The maximum atomic E-state index is 12.8. The fourth-order valence-corrected chi connectivity index (χ4v) is 4.65. The Morgan fingerprint density at radius 3 is 2.43 bits per heavy atom. The molecule has 0 spiro atoms. The molecule has 0 fully saturated rings. The number of methoxy groups -OCH3 is 1. The van der Waals surface area contributed by atoms with E-state index in [4.69, 9.17) is 4.74 Å². The second-order valence-electron chi connectivity index (χ2n) is 6.83. The van der Waals surface area contributed by atoms with Crippen LogP contribution in [0.5, 0.6) is 5.75 Å². The summed E-state index contributed by atoms with van der Waals surface area (Å²) in [6.07, 6.45) is 0.749. The summed E-state index contributed by atoms with van der Waals surface area (Å²) in [4.78, 5) is 12.4. The molecule has 0 radical (unpaired) electrons. The summed E-state index contributed by atoms with van der Waals surface area (Å²) < 4.78 is 32.2. The van der Waals surface area contributed by atoms with Crippen molar-refractivity contribution in [3.63, 3.8) is 0 Å². The number of amides is 1. The van der Waals surface area contributed by atoms with Crippen LogP contribution in [0.3, 0.4) is 0 Å². The van der Waals surface area contributed by atoms with E-state index in [0.717, 1.165) is 6.42 Å². The van der Waals surface area contributed by atoms with Crippen LogP contribution >= 0.6 is 0 Å². The van der Waals surface area contributed by atoms with E-state index >= 15 is 0 Å². The number of hydrogen-bond acceptors (Lipinski definition) is 5. The van der Waals surface area contributed by atoms with Gasteiger partial charge in [0.05, 0.1) is 24.2 Å². The van der Waals surface area contributed by atoms with Gasteiger partial charge in [0.1, 0.15) is 5.75 Å². The fourth-order valence-electron chi connectivity index (χ4n) is 3.16. The molecule has 8 heteroatoms. The third-order valence-electron chi connectivity index (χ3n) is 4.93. The minimum absolute atomic E-state index is 0.0128. The molecule has 7 nitrogen and oxygen atoms in total. The van der Waals surface area contributed by atoms with Crippen molar-refractivity contribution in [1.29, 1.82) is 0 Å². The number of hydrogen-bond donors (Lipinski definition) is 2. The summed E-state index contributed by atoms with van der Waals surface area (Å²) in [7, 11) is -2.10. The number of carbonyl (C=O) groups excluding carboxylic acids is 1. The molecule has 2 rings (SSSR count). The Bertz CT molecular complexity index is 957. The van der Waals surface area contributed by atoms with E-state index in [1.54, 1.807) is 19.9 Å². The van der Waals surface area contributed by atoms with Gasteiger partial charge in [0.15, 0.2) is 0 Å². The van der Waals surface area contributed by atoms with E-state index in [-0.39, 0.29) is 17.3 Å². The molecule has 164 valence electrons. The van der Waals surface area contributed by atoms with Crippen molar-refractivity contribution in [2.75, 3.05) is 38.6 Å². The zero-order chi connectivity index (χ0) is 22.1. The van der Waals surface area contributed by atoms with E-state index in [1.807, 2.05) is 31.2 Å². The molecular formula is C22H31N3O4S. The summed E-state index contributed by atoms with van der Waals surface area (Å²) in [6, 6.07) is 12.7. The van der Waals surface area contributed by atoms with Gasteiger partial charge in [-0.1, -0.05) is 38.1 Å². The lowest BCUT2D eigenvalue weighted by atomic mass is 10.1. The first-order valence-corrected chi connectivity index (χ1v) is 11.5. The van der Waals surface area contributed by atoms with Crippen LogP contribution in [0.2, 0.25) is 0 Å². The SMILES string of the molecule is CCN(CC)S(=O)(=O)c1ccc(OC)c(NCC(=O)NCCc2ccccc2C)c1. The lowest BCUT2D eigenvalue weighted by molar-refractivity contribution is -0.119. The first-order valence-electron chi connectivity index (χ1n) is 10.1. The van der Waals surface area contributed by atoms with E-state index < -0.39 is 10.0 Å². The standard InChI is InChI=1S/C22H31N3O4S/c1-5-25(6-2)30(27,28)19-11-12-21(29-4)20(15-19)24-16-22(26)23-14-13-18-10-8-7-9-17(18)3/h7-12,15,24H,5-6,13-14,16H2,1-4H3,(H,23,26). The Hall–Kier alpha value is -2.58. The van der Waals surface area contributed by atoms with Crippen LogP contribution in [0, 0.1) is 6.92 Å². The van der Waals surface area contributed by atoms with Crippen LogP contribution in [-0.4, -0.2) is 51.9 Å². The molecule has 0 bridgehead atoms. The number of aryl methyl sites for hydroxylation is 1. The maximum Gasteiger partial charge on any atom is 0.243 e. The van der Waals surface area contributed by atoms with Crippen molar-refractivity contribution in [3.05, 3.63) is 53.6 Å². The summed E-state index contributed by atoms with van der Waals surface area (Å²) in [5, 5.41) is 5.87. The second-order valence-corrected chi connectivity index (χ2v) is 8.77. The molecule has 0 saturated heterocycles. The van der Waals surface area contributed by atoms with Crippen LogP contribution in [0.25, 0.3) is 0 Å². The van der Waals surface area contributed by atoms with Gasteiger partial charge in [-0.25, -0.2) is 8.42 Å². The molecule has 30 heavy (non-hydrogen) atoms. The van der Waals surface area contributed by atoms with Crippen molar-refractivity contribution < 1.29 is 17.9 Å². The van der Waals surface area contributed by atoms with Crippen LogP contribution in [0.1, 0.15) is 25.0 Å². The average Bonchev–Trinajstić information content (AvgIpc) is 2.74. The lowest BCUT2D eigenvalue weighted by Gasteiger charge is -2.20. The molecule has 0 aromatic heterocycles. The number of carbonyl (C=O) groups is 1. The van der Waals surface area contributed by atoms with Crippen molar-refractivity contribution in [2.45, 2.75) is 32.1 Å². The molecule has 0 heterocycles. The summed E-state index contributed by atoms with van der Waals surface area (Å²) in [5.74, 6) is 0.295. The summed E-state index contributed by atoms with van der Waals surface area (Å²) in [5.41, 5.74) is 2.85. The van der Waals surface area contributed by atoms with Crippen LogP contribution in [0.15, 0.2) is 47.4 Å². The highest BCUT2D eigenvalue weighted by atomic mass is 32.2. The quantitative estimate of drug-likeness (QED) is 0.569. The van der Waals surface area contributed by atoms with Crippen molar-refractivity contribution in [2.24, 2.45) is 0 Å². The molecule has 1 amide bonds. The molecule has 0 aliphatic heterocycles. The third-order valence-corrected chi connectivity index (χ3v) is 6.98. The van der Waals surface area contributed by atoms with Crippen molar-refractivity contribution >= 4 is 21.6 Å². The number of rotatable bonds is 11. The van der Waals surface area contributed by atoms with Crippen molar-refractivity contribution in [3.8, 4) is 5.75 Å². The van der Waals surface area contributed by atoms with Crippen LogP contribution in [-0.2, 0) is 21.2 Å². The minimum Gasteiger partial charge on any atom is -0.495 e. The topological polar surface area (TPSA) is 87.7 Å². The normalized spacial score (nSPS) is 11.4. The molecule has 2 aromatic carbocycles. The first-order chi connectivity index (χ1) is 14.3. The highest BCUT2D eigenvalue weighted by molar-refractivity contribution is 7.89. The number of nitrogens with one attached hydrogen (secondary N) is 2. The van der Waals surface area contributed by atoms with Gasteiger partial charge in [0.2, 0.25) is 15.9 Å². The van der Waals surface area contributed by atoms with Gasteiger partial charge in [0, 0.05) is 19.6 Å². The Morgan fingerprint density at radius 1 is 1.10 bits per heavy atom. The van der Waals surface area contributed by atoms with E-state index in [0.29, 0.717) is 31.1 Å². The maximum absolute atomic E-state index is 12.8. The van der Waals surface area contributed by atoms with Gasteiger partial charge in [-0.15, -0.1) is 0 Å². The highest BCUT2D eigenvalue weighted by Gasteiger charge is 2.23. The van der Waals surface area contributed by atoms with Crippen LogP contribution < -0.4 is 15.4 Å². The molecule has 0 aliphatic carbocycles. The number of sulfonamides is 1. The predicted octanol–water partition coefficient (Wildman–Crippen LogP) is 2.80. The van der Waals surface area contributed by atoms with E-state index in [2.05, 4.69) is 10.6 Å². The smallest absolute Gasteiger partial charge is 0.243 e. The lowest BCUT2D eigenvalue weighted by Crippen LogP contribution is -2.32. The van der Waals surface area contributed by atoms with Gasteiger partial charge >= 0.3 is 0 Å². The Balaban J connectivity index is 2.01. The number of benzene rings is 2. The molecule has 0 aliphatic rings. The first kappa shape index (κ1) is 23.7. The Morgan fingerprint density at radius 2 is 1.80 bits per heavy atom. The van der Waals surface area contributed by atoms with Gasteiger partial charge in [0.25, 0.3) is 0 Å². The third kappa shape index (κ3) is 5.96. The van der Waals surface area contributed by atoms with Gasteiger partial charge in [-0.05, 0) is 42.7 Å². The fraction of sp³-hybridized carbons (Fsp3) is 0.409. The minimum atomic E-state index is -3.60. The predicted molar refractivity (Wildman–Crippen MR) is 119 cm³/mol. The Kier molecular flexibility index (Phi) is 8.68. The zero-order valence-corrected chi connectivity index (χ0v) is 18.9. The van der Waals surface area contributed by atoms with E-state index in [9.17, 15) is 13.2 Å². The number of nitrogens with zero attached hydrogens (tertiary/aromatic N) is 1. The van der Waals surface area contributed by atoms with Gasteiger partial charge in [-0.2, -0.15) is 4.31 Å². The Labute approximate surface area is 179 Å². The molecule has 2 aromatic rings. The molecule has 0 atom stereocenters. The van der Waals surface area contributed by atoms with Gasteiger partial charge in [-0.3, -0.25) is 4.79 Å². The summed E-state index contributed by atoms with van der Waals surface area (Å²) in [6.45, 7) is 6.95. The monoisotopic (exact) mass is 433 g/mol. The van der Waals surface area contributed by atoms with Crippen molar-refractivity contribution in [1.82, 2.24) is 9.62 Å². The van der Waals surface area contributed by atoms with Crippen LogP contribution in [0.4, 0.5) is 5.69 Å². The molecular weight excluding hydrogens is 402 g/mol. The number of anilines is 1. The second kappa shape index (κ2) is 11.0.